The third-order valence-electron chi connectivity index (χ3n) is 3.11. The number of halogens is 1. The Bertz CT molecular complexity index is 403. The maximum absolute atomic E-state index is 13.2. The van der Waals surface area contributed by atoms with Crippen LogP contribution in [0.15, 0.2) is 24.3 Å². The molecule has 1 heterocycles. The Balaban J connectivity index is 2.13. The fraction of sp³-hybridized carbons (Fsp3) is 0.500. The second kappa shape index (κ2) is 5.71. The van der Waals surface area contributed by atoms with Gasteiger partial charge in [-0.25, -0.2) is 4.39 Å². The number of nitrogens with two attached hydrogens (primary N) is 1. The number of rotatable bonds is 3. The predicted octanol–water partition coefficient (Wildman–Crippen LogP) is 0.890. The molecule has 0 aromatic heterocycles. The van der Waals surface area contributed by atoms with E-state index in [1.165, 1.54) is 12.1 Å². The Morgan fingerprint density at radius 3 is 2.71 bits per heavy atom. The molecule has 1 aromatic carbocycles. The average Bonchev–Trinajstić information content (AvgIpc) is 2.33. The summed E-state index contributed by atoms with van der Waals surface area (Å²) in [6.45, 7) is 1.99. The Morgan fingerprint density at radius 2 is 2.12 bits per heavy atom. The summed E-state index contributed by atoms with van der Waals surface area (Å²) in [5, 5.41) is 0. The van der Waals surface area contributed by atoms with Gasteiger partial charge in [-0.3, -0.25) is 9.11 Å². The topological polar surface area (TPSA) is 46.3 Å². The highest BCUT2D eigenvalue weighted by Gasteiger charge is 2.23. The van der Waals surface area contributed by atoms with Gasteiger partial charge in [-0.2, -0.15) is 0 Å². The molecule has 17 heavy (non-hydrogen) atoms. The molecular formula is C12H17FN2OS. The maximum atomic E-state index is 13.2. The third kappa shape index (κ3) is 3.12. The summed E-state index contributed by atoms with van der Waals surface area (Å²) in [4.78, 5) is 2.19. The van der Waals surface area contributed by atoms with Crippen molar-refractivity contribution in [3.8, 4) is 0 Å². The Labute approximate surface area is 103 Å². The molecule has 0 spiro atoms. The SMILES string of the molecule is NCC(c1cccc(F)c1)N1CCS(=O)CC1. The molecule has 2 rings (SSSR count). The second-order valence-corrected chi connectivity index (χ2v) is 5.89. The fourth-order valence-corrected chi connectivity index (χ4v) is 3.25. The summed E-state index contributed by atoms with van der Waals surface area (Å²) >= 11 is 0. The lowest BCUT2D eigenvalue weighted by atomic mass is 10.1. The van der Waals surface area contributed by atoms with E-state index in [-0.39, 0.29) is 11.9 Å². The molecule has 1 unspecified atom stereocenters. The van der Waals surface area contributed by atoms with Crippen LogP contribution in [-0.2, 0) is 10.8 Å². The summed E-state index contributed by atoms with van der Waals surface area (Å²) in [6, 6.07) is 6.59. The van der Waals surface area contributed by atoms with Crippen molar-refractivity contribution in [3.05, 3.63) is 35.6 Å². The van der Waals surface area contributed by atoms with Crippen LogP contribution in [0.1, 0.15) is 11.6 Å². The average molecular weight is 256 g/mol. The van der Waals surface area contributed by atoms with Crippen molar-refractivity contribution < 1.29 is 8.60 Å². The summed E-state index contributed by atoms with van der Waals surface area (Å²) < 4.78 is 24.5. The highest BCUT2D eigenvalue weighted by atomic mass is 32.2. The molecule has 2 N–H and O–H groups in total. The van der Waals surface area contributed by atoms with Gasteiger partial charge in [-0.05, 0) is 17.7 Å². The molecule has 5 heteroatoms. The van der Waals surface area contributed by atoms with E-state index in [0.29, 0.717) is 18.1 Å². The highest BCUT2D eigenvalue weighted by Crippen LogP contribution is 2.21. The van der Waals surface area contributed by atoms with Crippen molar-refractivity contribution in [3.63, 3.8) is 0 Å². The first kappa shape index (κ1) is 12.7. The van der Waals surface area contributed by atoms with E-state index in [9.17, 15) is 8.60 Å². The van der Waals surface area contributed by atoms with E-state index < -0.39 is 10.8 Å². The molecule has 1 aromatic rings. The minimum atomic E-state index is -0.697. The van der Waals surface area contributed by atoms with Crippen LogP contribution in [0.25, 0.3) is 0 Å². The van der Waals surface area contributed by atoms with Crippen molar-refractivity contribution in [2.45, 2.75) is 6.04 Å². The van der Waals surface area contributed by atoms with Gasteiger partial charge in [0.1, 0.15) is 5.82 Å². The Hall–Kier alpha value is -0.780. The lowest BCUT2D eigenvalue weighted by Gasteiger charge is -2.33. The quantitative estimate of drug-likeness (QED) is 0.873. The molecule has 1 atom stereocenters. The minimum absolute atomic E-state index is 0.0306. The van der Waals surface area contributed by atoms with Crippen LogP contribution >= 0.6 is 0 Å². The molecular weight excluding hydrogens is 239 g/mol. The van der Waals surface area contributed by atoms with Gasteiger partial charge in [0.05, 0.1) is 0 Å². The van der Waals surface area contributed by atoms with Crippen molar-refractivity contribution >= 4 is 10.8 Å². The minimum Gasteiger partial charge on any atom is -0.329 e. The molecule has 94 valence electrons. The van der Waals surface area contributed by atoms with E-state index in [0.717, 1.165) is 18.7 Å². The Kier molecular flexibility index (Phi) is 4.25. The molecule has 0 bridgehead atoms. The van der Waals surface area contributed by atoms with Gasteiger partial charge in [-0.1, -0.05) is 12.1 Å². The number of benzene rings is 1. The standard InChI is InChI=1S/C12H17FN2OS/c13-11-3-1-2-10(8-11)12(9-14)15-4-6-17(16)7-5-15/h1-3,8,12H,4-7,9,14H2. The summed E-state index contributed by atoms with van der Waals surface area (Å²) in [6.07, 6.45) is 0. The van der Waals surface area contributed by atoms with E-state index in [1.807, 2.05) is 6.07 Å². The summed E-state index contributed by atoms with van der Waals surface area (Å²) in [7, 11) is -0.697. The molecule has 1 fully saturated rings. The number of hydrogen-bond donors (Lipinski definition) is 1. The largest absolute Gasteiger partial charge is 0.329 e. The first-order chi connectivity index (χ1) is 8.20. The van der Waals surface area contributed by atoms with E-state index in [2.05, 4.69) is 4.90 Å². The lowest BCUT2D eigenvalue weighted by molar-refractivity contribution is 0.221. The first-order valence-corrected chi connectivity index (χ1v) is 7.24. The van der Waals surface area contributed by atoms with Crippen molar-refractivity contribution in [2.24, 2.45) is 5.73 Å². The van der Waals surface area contributed by atoms with Crippen molar-refractivity contribution in [1.29, 1.82) is 0 Å². The normalized spacial score (nSPS) is 20.4. The van der Waals surface area contributed by atoms with Gasteiger partial charge in [0.25, 0.3) is 0 Å². The molecule has 0 saturated carbocycles. The second-order valence-electron chi connectivity index (χ2n) is 4.19. The molecule has 1 saturated heterocycles. The van der Waals surface area contributed by atoms with Crippen LogP contribution in [0.3, 0.4) is 0 Å². The summed E-state index contributed by atoms with van der Waals surface area (Å²) in [5.41, 5.74) is 6.68. The van der Waals surface area contributed by atoms with Crippen LogP contribution in [0.5, 0.6) is 0 Å². The lowest BCUT2D eigenvalue weighted by Crippen LogP contribution is -2.42. The van der Waals surface area contributed by atoms with Crippen molar-refractivity contribution in [2.75, 3.05) is 31.1 Å². The summed E-state index contributed by atoms with van der Waals surface area (Å²) in [5.74, 6) is 1.14. The first-order valence-electron chi connectivity index (χ1n) is 5.75. The zero-order chi connectivity index (χ0) is 12.3. The monoisotopic (exact) mass is 256 g/mol. The maximum Gasteiger partial charge on any atom is 0.123 e. The van der Waals surface area contributed by atoms with Gasteiger partial charge in [0.2, 0.25) is 0 Å². The molecule has 0 amide bonds. The van der Waals surface area contributed by atoms with E-state index in [1.54, 1.807) is 6.07 Å². The fourth-order valence-electron chi connectivity index (χ4n) is 2.17. The predicted molar refractivity (Wildman–Crippen MR) is 67.6 cm³/mol. The molecule has 3 nitrogen and oxygen atoms in total. The van der Waals surface area contributed by atoms with Crippen molar-refractivity contribution in [1.82, 2.24) is 4.90 Å². The number of hydrogen-bond acceptors (Lipinski definition) is 3. The van der Waals surface area contributed by atoms with Gasteiger partial charge < -0.3 is 5.73 Å². The highest BCUT2D eigenvalue weighted by molar-refractivity contribution is 7.85. The van der Waals surface area contributed by atoms with Crippen LogP contribution in [0.2, 0.25) is 0 Å². The van der Waals surface area contributed by atoms with Gasteiger partial charge in [0, 0.05) is 48.0 Å². The number of nitrogens with zero attached hydrogens (tertiary/aromatic N) is 1. The van der Waals surface area contributed by atoms with Crippen LogP contribution in [0, 0.1) is 5.82 Å². The van der Waals surface area contributed by atoms with Crippen LogP contribution in [0.4, 0.5) is 4.39 Å². The van der Waals surface area contributed by atoms with Gasteiger partial charge in [-0.15, -0.1) is 0 Å². The Morgan fingerprint density at radius 1 is 1.41 bits per heavy atom. The van der Waals surface area contributed by atoms with Crippen LogP contribution < -0.4 is 5.73 Å². The van der Waals surface area contributed by atoms with Gasteiger partial charge in [0.15, 0.2) is 0 Å². The molecule has 1 aliphatic rings. The molecule has 1 aliphatic heterocycles. The van der Waals surface area contributed by atoms with E-state index in [4.69, 9.17) is 5.73 Å². The zero-order valence-corrected chi connectivity index (χ0v) is 10.5. The van der Waals surface area contributed by atoms with E-state index >= 15 is 0 Å². The van der Waals surface area contributed by atoms with Crippen LogP contribution in [-0.4, -0.2) is 40.2 Å². The van der Waals surface area contributed by atoms with Gasteiger partial charge >= 0.3 is 0 Å². The molecule has 0 aliphatic carbocycles. The zero-order valence-electron chi connectivity index (χ0n) is 9.64. The smallest absolute Gasteiger partial charge is 0.123 e. The third-order valence-corrected chi connectivity index (χ3v) is 4.39. The molecule has 0 radical (unpaired) electrons.